The smallest absolute Gasteiger partial charge is 0.243 e. The zero-order chi connectivity index (χ0) is 18.1. The van der Waals surface area contributed by atoms with Crippen LogP contribution in [0.4, 0.5) is 5.69 Å². The fraction of sp³-hybridized carbons (Fsp3) is 0.400. The van der Waals surface area contributed by atoms with Crippen LogP contribution < -0.4 is 4.90 Å². The fourth-order valence-electron chi connectivity index (χ4n) is 3.87. The second-order valence-corrected chi connectivity index (χ2v) is 8.98. The van der Waals surface area contributed by atoms with Crippen LogP contribution in [0.2, 0.25) is 0 Å². The van der Waals surface area contributed by atoms with Gasteiger partial charge in [0.15, 0.2) is 0 Å². The lowest BCUT2D eigenvalue weighted by molar-refractivity contribution is 0.385. The molecule has 1 saturated heterocycles. The van der Waals surface area contributed by atoms with Gasteiger partial charge in [-0.25, -0.2) is 8.42 Å². The predicted octanol–water partition coefficient (Wildman–Crippen LogP) is 2.78. The molecule has 0 aromatic heterocycles. The number of aromatic hydroxyl groups is 1. The monoisotopic (exact) mass is 372 g/mol. The molecule has 1 fully saturated rings. The number of nitrogens with zero attached hydrogens (tertiary/aromatic N) is 2. The van der Waals surface area contributed by atoms with Crippen LogP contribution in [-0.4, -0.2) is 44.0 Å². The number of benzene rings is 2. The Morgan fingerprint density at radius 1 is 0.808 bits per heavy atom. The molecule has 1 N–H and O–H groups in total. The number of phenolic OH excluding ortho intramolecular Hbond substituents is 1. The standard InChI is InChI=1S/C20H24N2O3S/c23-19-8-6-18(7-9-19)21-11-13-22(14-12-21)26(24,25)20-10-5-16-3-1-2-4-17(16)15-20/h5-10,15,23H,1-4,11-14H2. The van der Waals surface area contributed by atoms with Crippen LogP contribution in [0.5, 0.6) is 5.75 Å². The van der Waals surface area contributed by atoms with E-state index < -0.39 is 10.0 Å². The summed E-state index contributed by atoms with van der Waals surface area (Å²) in [5.74, 6) is 0.238. The number of hydrogen-bond donors (Lipinski definition) is 1. The minimum absolute atomic E-state index is 0.238. The van der Waals surface area contributed by atoms with Crippen LogP contribution in [0.1, 0.15) is 24.0 Å². The van der Waals surface area contributed by atoms with Gasteiger partial charge in [-0.3, -0.25) is 0 Å². The van der Waals surface area contributed by atoms with E-state index in [4.69, 9.17) is 0 Å². The number of phenols is 1. The quantitative estimate of drug-likeness (QED) is 0.900. The lowest BCUT2D eigenvalue weighted by Crippen LogP contribution is -2.48. The molecule has 2 aliphatic rings. The lowest BCUT2D eigenvalue weighted by atomic mass is 9.92. The lowest BCUT2D eigenvalue weighted by Gasteiger charge is -2.35. The summed E-state index contributed by atoms with van der Waals surface area (Å²) < 4.78 is 27.7. The van der Waals surface area contributed by atoms with Crippen molar-refractivity contribution in [3.8, 4) is 5.75 Å². The summed E-state index contributed by atoms with van der Waals surface area (Å²) in [7, 11) is -3.44. The van der Waals surface area contributed by atoms with Crippen molar-refractivity contribution in [3.05, 3.63) is 53.6 Å². The van der Waals surface area contributed by atoms with Crippen LogP contribution in [0.3, 0.4) is 0 Å². The van der Waals surface area contributed by atoms with E-state index in [1.807, 2.05) is 24.3 Å². The SMILES string of the molecule is O=S(=O)(c1ccc2c(c1)CCCC2)N1CCN(c2ccc(O)cc2)CC1. The van der Waals surface area contributed by atoms with Crippen molar-refractivity contribution in [1.29, 1.82) is 0 Å². The molecule has 6 heteroatoms. The predicted molar refractivity (Wildman–Crippen MR) is 102 cm³/mol. The van der Waals surface area contributed by atoms with E-state index in [2.05, 4.69) is 4.90 Å². The summed E-state index contributed by atoms with van der Waals surface area (Å²) in [4.78, 5) is 2.58. The zero-order valence-corrected chi connectivity index (χ0v) is 15.6. The highest BCUT2D eigenvalue weighted by Gasteiger charge is 2.29. The fourth-order valence-corrected chi connectivity index (χ4v) is 5.34. The Balaban J connectivity index is 1.48. The second-order valence-electron chi connectivity index (χ2n) is 7.05. The minimum atomic E-state index is -3.44. The van der Waals surface area contributed by atoms with Gasteiger partial charge in [0.1, 0.15) is 5.75 Å². The Labute approximate surface area is 154 Å². The molecule has 2 aromatic carbocycles. The van der Waals surface area contributed by atoms with Gasteiger partial charge >= 0.3 is 0 Å². The van der Waals surface area contributed by atoms with Gasteiger partial charge in [-0.15, -0.1) is 0 Å². The number of anilines is 1. The van der Waals surface area contributed by atoms with Crippen molar-refractivity contribution in [2.45, 2.75) is 30.6 Å². The van der Waals surface area contributed by atoms with E-state index in [1.54, 1.807) is 22.5 Å². The van der Waals surface area contributed by atoms with E-state index >= 15 is 0 Å². The Morgan fingerprint density at radius 2 is 1.46 bits per heavy atom. The van der Waals surface area contributed by atoms with Crippen molar-refractivity contribution in [2.24, 2.45) is 0 Å². The molecule has 138 valence electrons. The van der Waals surface area contributed by atoms with Crippen molar-refractivity contribution >= 4 is 15.7 Å². The number of rotatable bonds is 3. The maximum atomic E-state index is 13.0. The number of piperazine rings is 1. The first kappa shape index (κ1) is 17.4. The van der Waals surface area contributed by atoms with Crippen molar-refractivity contribution in [3.63, 3.8) is 0 Å². The minimum Gasteiger partial charge on any atom is -0.508 e. The first-order valence-corrected chi connectivity index (χ1v) is 10.6. The molecule has 26 heavy (non-hydrogen) atoms. The van der Waals surface area contributed by atoms with Gasteiger partial charge in [0, 0.05) is 31.9 Å². The number of sulfonamides is 1. The molecule has 1 aliphatic heterocycles. The molecule has 0 radical (unpaired) electrons. The van der Waals surface area contributed by atoms with Gasteiger partial charge in [-0.1, -0.05) is 6.07 Å². The molecule has 1 aliphatic carbocycles. The molecule has 0 atom stereocenters. The highest BCUT2D eigenvalue weighted by Crippen LogP contribution is 2.27. The van der Waals surface area contributed by atoms with Crippen molar-refractivity contribution in [2.75, 3.05) is 31.1 Å². The number of aryl methyl sites for hydroxylation is 2. The van der Waals surface area contributed by atoms with E-state index in [1.165, 1.54) is 17.5 Å². The first-order chi connectivity index (χ1) is 12.5. The Kier molecular flexibility index (Phi) is 4.63. The highest BCUT2D eigenvalue weighted by atomic mass is 32.2. The average molecular weight is 372 g/mol. The van der Waals surface area contributed by atoms with E-state index in [0.29, 0.717) is 31.1 Å². The third-order valence-corrected chi connectivity index (χ3v) is 7.31. The second kappa shape index (κ2) is 6.93. The molecule has 0 spiro atoms. The van der Waals surface area contributed by atoms with E-state index in [-0.39, 0.29) is 5.75 Å². The third kappa shape index (κ3) is 3.31. The Morgan fingerprint density at radius 3 is 2.15 bits per heavy atom. The van der Waals surface area contributed by atoms with Gasteiger partial charge in [0.25, 0.3) is 0 Å². The molecular formula is C20H24N2O3S. The largest absolute Gasteiger partial charge is 0.508 e. The topological polar surface area (TPSA) is 60.9 Å². The third-order valence-electron chi connectivity index (χ3n) is 5.41. The first-order valence-electron chi connectivity index (χ1n) is 9.20. The number of fused-ring (bicyclic) bond motifs is 1. The maximum absolute atomic E-state index is 13.0. The summed E-state index contributed by atoms with van der Waals surface area (Å²) >= 11 is 0. The number of hydrogen-bond acceptors (Lipinski definition) is 4. The van der Waals surface area contributed by atoms with Crippen molar-refractivity contribution < 1.29 is 13.5 Å². The molecule has 2 aromatic rings. The van der Waals surface area contributed by atoms with Crippen LogP contribution in [0.25, 0.3) is 0 Å². The van der Waals surface area contributed by atoms with Gasteiger partial charge in [-0.2, -0.15) is 4.31 Å². The summed E-state index contributed by atoms with van der Waals surface area (Å²) in [5.41, 5.74) is 3.50. The molecule has 0 saturated carbocycles. The van der Waals surface area contributed by atoms with Crippen LogP contribution >= 0.6 is 0 Å². The summed E-state index contributed by atoms with van der Waals surface area (Å²) in [6, 6.07) is 12.7. The molecule has 0 unspecified atom stereocenters. The normalized spacial score (nSPS) is 18.5. The summed E-state index contributed by atoms with van der Waals surface area (Å²) in [5, 5.41) is 9.41. The molecule has 5 nitrogen and oxygen atoms in total. The molecule has 1 heterocycles. The Hall–Kier alpha value is -2.05. The summed E-state index contributed by atoms with van der Waals surface area (Å²) in [6.45, 7) is 2.24. The van der Waals surface area contributed by atoms with Crippen molar-refractivity contribution in [1.82, 2.24) is 4.31 Å². The summed E-state index contributed by atoms with van der Waals surface area (Å²) in [6.07, 6.45) is 4.37. The molecule has 0 amide bonds. The molecule has 4 rings (SSSR count). The van der Waals surface area contributed by atoms with Crippen LogP contribution in [0, 0.1) is 0 Å². The Bertz CT molecular complexity index is 886. The van der Waals surface area contributed by atoms with Gasteiger partial charge in [0.2, 0.25) is 10.0 Å². The zero-order valence-electron chi connectivity index (χ0n) is 14.8. The van der Waals surface area contributed by atoms with Crippen LogP contribution in [0.15, 0.2) is 47.4 Å². The van der Waals surface area contributed by atoms with E-state index in [9.17, 15) is 13.5 Å². The van der Waals surface area contributed by atoms with Gasteiger partial charge in [0.05, 0.1) is 4.90 Å². The molecule has 0 bridgehead atoms. The van der Waals surface area contributed by atoms with Gasteiger partial charge in [-0.05, 0) is 73.2 Å². The highest BCUT2D eigenvalue weighted by molar-refractivity contribution is 7.89. The molecular weight excluding hydrogens is 348 g/mol. The maximum Gasteiger partial charge on any atom is 0.243 e. The van der Waals surface area contributed by atoms with E-state index in [0.717, 1.165) is 24.9 Å². The van der Waals surface area contributed by atoms with Crippen LogP contribution in [-0.2, 0) is 22.9 Å². The average Bonchev–Trinajstić information content (AvgIpc) is 2.68. The van der Waals surface area contributed by atoms with Gasteiger partial charge < -0.3 is 10.0 Å².